The molecular weight excluding hydrogens is 246 g/mol. The summed E-state index contributed by atoms with van der Waals surface area (Å²) in [4.78, 5) is 0. The summed E-state index contributed by atoms with van der Waals surface area (Å²) in [7, 11) is 0. The Morgan fingerprint density at radius 3 is 3.28 bits per heavy atom. The van der Waals surface area contributed by atoms with E-state index in [4.69, 9.17) is 5.11 Å². The second kappa shape index (κ2) is 7.16. The third kappa shape index (κ3) is 3.28. The molecule has 0 bridgehead atoms. The highest BCUT2D eigenvalue weighted by Gasteiger charge is 2.23. The zero-order valence-corrected chi connectivity index (χ0v) is 11.9. The molecule has 0 fully saturated rings. The number of aliphatic hydroxyl groups excluding tert-OH is 1. The molecule has 1 unspecified atom stereocenters. The van der Waals surface area contributed by atoms with E-state index in [1.165, 1.54) is 36.3 Å². The second-order valence-electron chi connectivity index (χ2n) is 4.74. The maximum Gasteiger partial charge on any atom is 0.0644 e. The molecule has 1 aliphatic carbocycles. The SMILES string of the molecule is CSCCCNC1CCCc2c1cnn2CCO. The van der Waals surface area contributed by atoms with Gasteiger partial charge < -0.3 is 10.4 Å². The number of hydrogen-bond acceptors (Lipinski definition) is 4. The highest BCUT2D eigenvalue weighted by molar-refractivity contribution is 7.98. The van der Waals surface area contributed by atoms with Crippen LogP contribution in [0.4, 0.5) is 0 Å². The lowest BCUT2D eigenvalue weighted by Crippen LogP contribution is -2.26. The van der Waals surface area contributed by atoms with Gasteiger partial charge in [0.15, 0.2) is 0 Å². The van der Waals surface area contributed by atoms with E-state index in [-0.39, 0.29) is 6.61 Å². The smallest absolute Gasteiger partial charge is 0.0644 e. The normalized spacial score (nSPS) is 18.9. The minimum absolute atomic E-state index is 0.167. The van der Waals surface area contributed by atoms with E-state index < -0.39 is 0 Å². The van der Waals surface area contributed by atoms with E-state index in [9.17, 15) is 0 Å². The number of rotatable bonds is 7. The van der Waals surface area contributed by atoms with Gasteiger partial charge in [-0.15, -0.1) is 0 Å². The Balaban J connectivity index is 1.95. The molecule has 1 aromatic heterocycles. The fraction of sp³-hybridized carbons (Fsp3) is 0.769. The number of thioether (sulfide) groups is 1. The van der Waals surface area contributed by atoms with Crippen LogP contribution in [0.5, 0.6) is 0 Å². The van der Waals surface area contributed by atoms with Crippen LogP contribution in [0, 0.1) is 0 Å². The number of hydrogen-bond donors (Lipinski definition) is 2. The van der Waals surface area contributed by atoms with Crippen LogP contribution in [-0.4, -0.2) is 40.0 Å². The molecule has 1 aromatic rings. The minimum Gasteiger partial charge on any atom is -0.394 e. The molecule has 1 aliphatic rings. The molecule has 1 atom stereocenters. The molecule has 102 valence electrons. The van der Waals surface area contributed by atoms with Crippen LogP contribution in [0.1, 0.15) is 36.6 Å². The summed E-state index contributed by atoms with van der Waals surface area (Å²) in [6.45, 7) is 1.87. The number of fused-ring (bicyclic) bond motifs is 1. The predicted molar refractivity (Wildman–Crippen MR) is 76.0 cm³/mol. The molecule has 0 saturated heterocycles. The average Bonchev–Trinajstić information content (AvgIpc) is 2.79. The lowest BCUT2D eigenvalue weighted by molar-refractivity contribution is 0.266. The summed E-state index contributed by atoms with van der Waals surface area (Å²) in [6.07, 6.45) is 8.87. The first-order valence-electron chi connectivity index (χ1n) is 6.74. The molecule has 0 aromatic carbocycles. The first-order chi connectivity index (χ1) is 8.86. The van der Waals surface area contributed by atoms with Crippen molar-refractivity contribution in [2.45, 2.75) is 38.3 Å². The van der Waals surface area contributed by atoms with Crippen molar-refractivity contribution in [1.29, 1.82) is 0 Å². The Bertz CT molecular complexity index is 367. The van der Waals surface area contributed by atoms with E-state index in [1.54, 1.807) is 0 Å². The second-order valence-corrected chi connectivity index (χ2v) is 5.72. The van der Waals surface area contributed by atoms with E-state index in [1.807, 2.05) is 22.6 Å². The molecule has 4 nitrogen and oxygen atoms in total. The Morgan fingerprint density at radius 1 is 1.61 bits per heavy atom. The molecule has 0 radical (unpaired) electrons. The Labute approximate surface area is 113 Å². The number of nitrogens with zero attached hydrogens (tertiary/aromatic N) is 2. The maximum atomic E-state index is 9.03. The molecule has 0 spiro atoms. The summed E-state index contributed by atoms with van der Waals surface area (Å²) in [5, 5.41) is 17.1. The summed E-state index contributed by atoms with van der Waals surface area (Å²) < 4.78 is 1.96. The van der Waals surface area contributed by atoms with Gasteiger partial charge in [-0.2, -0.15) is 16.9 Å². The number of aliphatic hydroxyl groups is 1. The van der Waals surface area contributed by atoms with E-state index in [2.05, 4.69) is 16.7 Å². The highest BCUT2D eigenvalue weighted by atomic mass is 32.2. The fourth-order valence-electron chi connectivity index (χ4n) is 2.61. The largest absolute Gasteiger partial charge is 0.394 e. The van der Waals surface area contributed by atoms with E-state index in [0.717, 1.165) is 13.0 Å². The van der Waals surface area contributed by atoms with Gasteiger partial charge in [-0.1, -0.05) is 0 Å². The van der Waals surface area contributed by atoms with E-state index in [0.29, 0.717) is 12.6 Å². The zero-order chi connectivity index (χ0) is 12.8. The van der Waals surface area contributed by atoms with E-state index >= 15 is 0 Å². The molecule has 0 aliphatic heterocycles. The van der Waals surface area contributed by atoms with Gasteiger partial charge in [-0.25, -0.2) is 0 Å². The Hall–Kier alpha value is -0.520. The van der Waals surface area contributed by atoms with Gasteiger partial charge >= 0.3 is 0 Å². The Morgan fingerprint density at radius 2 is 2.50 bits per heavy atom. The van der Waals surface area contributed by atoms with Gasteiger partial charge in [0.25, 0.3) is 0 Å². The molecule has 2 N–H and O–H groups in total. The number of nitrogens with one attached hydrogen (secondary N) is 1. The van der Waals surface area contributed by atoms with Gasteiger partial charge in [0.2, 0.25) is 0 Å². The van der Waals surface area contributed by atoms with Gasteiger partial charge in [0, 0.05) is 17.3 Å². The maximum absolute atomic E-state index is 9.03. The average molecular weight is 269 g/mol. The van der Waals surface area contributed by atoms with Gasteiger partial charge in [-0.3, -0.25) is 4.68 Å². The highest BCUT2D eigenvalue weighted by Crippen LogP contribution is 2.29. The van der Waals surface area contributed by atoms with Crippen LogP contribution in [0.15, 0.2) is 6.20 Å². The van der Waals surface area contributed by atoms with Crippen LogP contribution in [0.3, 0.4) is 0 Å². The third-order valence-electron chi connectivity index (χ3n) is 3.49. The van der Waals surface area contributed by atoms with Crippen LogP contribution in [-0.2, 0) is 13.0 Å². The summed E-state index contributed by atoms with van der Waals surface area (Å²) in [6, 6.07) is 0.461. The predicted octanol–water partition coefficient (Wildman–Crippen LogP) is 1.60. The minimum atomic E-state index is 0.167. The molecule has 0 saturated carbocycles. The molecular formula is C13H23N3OS. The first kappa shape index (κ1) is 13.9. The molecule has 1 heterocycles. The summed E-state index contributed by atoms with van der Waals surface area (Å²) in [5.41, 5.74) is 2.66. The summed E-state index contributed by atoms with van der Waals surface area (Å²) in [5.74, 6) is 1.22. The van der Waals surface area contributed by atoms with Crippen molar-refractivity contribution in [3.05, 3.63) is 17.5 Å². The molecule has 18 heavy (non-hydrogen) atoms. The summed E-state index contributed by atoms with van der Waals surface area (Å²) >= 11 is 1.90. The topological polar surface area (TPSA) is 50.1 Å². The van der Waals surface area contributed by atoms with Gasteiger partial charge in [-0.05, 0) is 44.2 Å². The Kier molecular flexibility index (Phi) is 5.53. The van der Waals surface area contributed by atoms with Crippen LogP contribution in [0.2, 0.25) is 0 Å². The quantitative estimate of drug-likeness (QED) is 0.738. The van der Waals surface area contributed by atoms with Gasteiger partial charge in [0.05, 0.1) is 19.3 Å². The van der Waals surface area contributed by atoms with Crippen LogP contribution in [0.25, 0.3) is 0 Å². The zero-order valence-electron chi connectivity index (χ0n) is 11.1. The van der Waals surface area contributed by atoms with Crippen molar-refractivity contribution in [2.24, 2.45) is 0 Å². The molecule has 2 rings (SSSR count). The standard InChI is InChI=1S/C13H23N3OS/c1-18-9-3-6-14-12-4-2-5-13-11(12)10-15-16(13)7-8-17/h10,12,14,17H,2-9H2,1H3. The van der Waals surface area contributed by atoms with Gasteiger partial charge in [0.1, 0.15) is 0 Å². The fourth-order valence-corrected chi connectivity index (χ4v) is 3.04. The lowest BCUT2D eigenvalue weighted by atomic mass is 9.93. The van der Waals surface area contributed by atoms with Crippen molar-refractivity contribution in [3.63, 3.8) is 0 Å². The lowest BCUT2D eigenvalue weighted by Gasteiger charge is -2.24. The van der Waals surface area contributed by atoms with Crippen molar-refractivity contribution >= 4 is 11.8 Å². The van der Waals surface area contributed by atoms with Crippen molar-refractivity contribution < 1.29 is 5.11 Å². The first-order valence-corrected chi connectivity index (χ1v) is 8.14. The van der Waals surface area contributed by atoms with Crippen molar-refractivity contribution in [2.75, 3.05) is 25.2 Å². The van der Waals surface area contributed by atoms with Crippen molar-refractivity contribution in [3.8, 4) is 0 Å². The number of aromatic nitrogens is 2. The van der Waals surface area contributed by atoms with Crippen molar-refractivity contribution in [1.82, 2.24) is 15.1 Å². The third-order valence-corrected chi connectivity index (χ3v) is 4.19. The molecule has 0 amide bonds. The van der Waals surface area contributed by atoms with Crippen LogP contribution >= 0.6 is 11.8 Å². The van der Waals surface area contributed by atoms with Crippen LogP contribution < -0.4 is 5.32 Å². The molecule has 5 heteroatoms. The monoisotopic (exact) mass is 269 g/mol.